The quantitative estimate of drug-likeness (QED) is 0.442. The molecule has 1 amide bonds. The predicted octanol–water partition coefficient (Wildman–Crippen LogP) is 3.03. The molecule has 172 valence electrons. The number of methoxy groups -OCH3 is 1. The zero-order valence-corrected chi connectivity index (χ0v) is 19.0. The maximum atomic E-state index is 13.3. The second-order valence-corrected chi connectivity index (χ2v) is 7.80. The summed E-state index contributed by atoms with van der Waals surface area (Å²) in [5.74, 6) is -0.205. The molecule has 0 atom stereocenters. The first-order chi connectivity index (χ1) is 16.5. The molecule has 4 rings (SSSR count). The molecule has 0 bridgehead atoms. The number of hydrogen-bond acceptors (Lipinski definition) is 5. The van der Waals surface area contributed by atoms with Gasteiger partial charge in [0.15, 0.2) is 0 Å². The van der Waals surface area contributed by atoms with Crippen LogP contribution in [0.25, 0.3) is 5.69 Å². The number of hydrogen-bond donors (Lipinski definition) is 1. The monoisotopic (exact) mass is 476 g/mol. The molecule has 8 nitrogen and oxygen atoms in total. The Hall–Kier alpha value is -4.17. The highest BCUT2D eigenvalue weighted by Crippen LogP contribution is 2.16. The molecule has 0 saturated heterocycles. The number of benzene rings is 3. The van der Waals surface area contributed by atoms with Crippen LogP contribution in [0.2, 0.25) is 5.02 Å². The molecule has 1 aromatic heterocycles. The molecule has 1 N–H and O–H groups in total. The van der Waals surface area contributed by atoms with Crippen LogP contribution in [0, 0.1) is 0 Å². The van der Waals surface area contributed by atoms with Gasteiger partial charge in [-0.2, -0.15) is 9.78 Å². The number of nitrogens with zero attached hydrogens (tertiary/aromatic N) is 3. The van der Waals surface area contributed by atoms with Gasteiger partial charge < -0.3 is 10.1 Å². The van der Waals surface area contributed by atoms with Crippen LogP contribution >= 0.6 is 11.6 Å². The first kappa shape index (κ1) is 23.0. The number of ether oxygens (including phenoxy) is 1. The first-order valence-corrected chi connectivity index (χ1v) is 10.8. The standard InChI is InChI=1S/C25H21ClN4O4/c1-34-20-12-7-11-19(14-20)30-25(33)29(16-18-10-5-6-13-21(18)26)24(32)22(28-30)23(31)27-15-17-8-3-2-4-9-17/h2-14H,15-16H2,1H3,(H,27,31). The van der Waals surface area contributed by atoms with Crippen LogP contribution in [0.15, 0.2) is 88.5 Å². The summed E-state index contributed by atoms with van der Waals surface area (Å²) in [4.78, 5) is 39.5. The molecule has 0 spiro atoms. The minimum absolute atomic E-state index is 0.122. The van der Waals surface area contributed by atoms with Gasteiger partial charge in [-0.25, -0.2) is 4.79 Å². The van der Waals surface area contributed by atoms with Crippen LogP contribution in [0.1, 0.15) is 21.6 Å². The molecule has 1 heterocycles. The zero-order valence-electron chi connectivity index (χ0n) is 18.3. The van der Waals surface area contributed by atoms with E-state index in [0.717, 1.165) is 14.8 Å². The van der Waals surface area contributed by atoms with E-state index in [9.17, 15) is 14.4 Å². The lowest BCUT2D eigenvalue weighted by Gasteiger charge is -2.13. The van der Waals surface area contributed by atoms with Gasteiger partial charge in [-0.3, -0.25) is 14.2 Å². The third kappa shape index (κ3) is 4.92. The Morgan fingerprint density at radius 1 is 1.00 bits per heavy atom. The summed E-state index contributed by atoms with van der Waals surface area (Å²) in [5.41, 5.74) is -0.178. The molecular weight excluding hydrogens is 456 g/mol. The van der Waals surface area contributed by atoms with Crippen molar-refractivity contribution in [3.63, 3.8) is 0 Å². The van der Waals surface area contributed by atoms with E-state index in [2.05, 4.69) is 10.4 Å². The van der Waals surface area contributed by atoms with E-state index in [1.807, 2.05) is 30.3 Å². The molecule has 0 aliphatic rings. The van der Waals surface area contributed by atoms with Crippen molar-refractivity contribution in [2.75, 3.05) is 7.11 Å². The summed E-state index contributed by atoms with van der Waals surface area (Å²) in [6.45, 7) is 0.0758. The van der Waals surface area contributed by atoms with Crippen molar-refractivity contribution in [1.29, 1.82) is 0 Å². The van der Waals surface area contributed by atoms with Crippen molar-refractivity contribution in [3.05, 3.63) is 122 Å². The van der Waals surface area contributed by atoms with Crippen molar-refractivity contribution >= 4 is 17.5 Å². The van der Waals surface area contributed by atoms with Crippen molar-refractivity contribution in [3.8, 4) is 11.4 Å². The average Bonchev–Trinajstić information content (AvgIpc) is 2.87. The first-order valence-electron chi connectivity index (χ1n) is 10.4. The van der Waals surface area contributed by atoms with Crippen molar-refractivity contribution in [2.24, 2.45) is 0 Å². The van der Waals surface area contributed by atoms with Gasteiger partial charge in [0.1, 0.15) is 5.75 Å². The summed E-state index contributed by atoms with van der Waals surface area (Å²) in [6.07, 6.45) is 0. The van der Waals surface area contributed by atoms with E-state index in [4.69, 9.17) is 16.3 Å². The fourth-order valence-corrected chi connectivity index (χ4v) is 3.56. The van der Waals surface area contributed by atoms with E-state index in [1.54, 1.807) is 48.5 Å². The number of rotatable bonds is 7. The highest BCUT2D eigenvalue weighted by Gasteiger charge is 2.21. The predicted molar refractivity (Wildman–Crippen MR) is 129 cm³/mol. The number of carbonyl (C=O) groups excluding carboxylic acids is 1. The molecule has 0 radical (unpaired) electrons. The smallest absolute Gasteiger partial charge is 0.352 e. The van der Waals surface area contributed by atoms with Crippen LogP contribution < -0.4 is 21.3 Å². The maximum Gasteiger partial charge on any atom is 0.352 e. The lowest BCUT2D eigenvalue weighted by Crippen LogP contribution is -2.46. The minimum atomic E-state index is -0.811. The van der Waals surface area contributed by atoms with Gasteiger partial charge in [0.25, 0.3) is 11.5 Å². The largest absolute Gasteiger partial charge is 0.497 e. The topological polar surface area (TPSA) is 95.2 Å². The Balaban J connectivity index is 1.81. The van der Waals surface area contributed by atoms with Gasteiger partial charge in [0.2, 0.25) is 5.69 Å². The summed E-state index contributed by atoms with van der Waals surface area (Å²) >= 11 is 6.26. The molecule has 0 unspecified atom stereocenters. The van der Waals surface area contributed by atoms with Gasteiger partial charge >= 0.3 is 5.69 Å². The Morgan fingerprint density at radius 3 is 2.47 bits per heavy atom. The van der Waals surface area contributed by atoms with Gasteiger partial charge in [0.05, 0.1) is 19.3 Å². The lowest BCUT2D eigenvalue weighted by molar-refractivity contribution is 0.0941. The summed E-state index contributed by atoms with van der Waals surface area (Å²) in [6, 6.07) is 22.7. The highest BCUT2D eigenvalue weighted by molar-refractivity contribution is 6.31. The SMILES string of the molecule is COc1cccc(-n2nc(C(=O)NCc3ccccc3)c(=O)n(Cc3ccccc3Cl)c2=O)c1. The van der Waals surface area contributed by atoms with Gasteiger partial charge in [-0.1, -0.05) is 66.2 Å². The van der Waals surface area contributed by atoms with E-state index >= 15 is 0 Å². The molecule has 0 saturated carbocycles. The van der Waals surface area contributed by atoms with E-state index in [0.29, 0.717) is 22.0 Å². The van der Waals surface area contributed by atoms with Crippen molar-refractivity contribution < 1.29 is 9.53 Å². The van der Waals surface area contributed by atoms with Gasteiger partial charge in [-0.15, -0.1) is 0 Å². The van der Waals surface area contributed by atoms with Crippen molar-refractivity contribution in [2.45, 2.75) is 13.1 Å². The highest BCUT2D eigenvalue weighted by atomic mass is 35.5. The molecule has 0 aliphatic heterocycles. The number of nitrogens with one attached hydrogen (secondary N) is 1. The number of halogens is 1. The molecule has 4 aromatic rings. The number of amides is 1. The number of aromatic nitrogens is 3. The van der Waals surface area contributed by atoms with Crippen LogP contribution in [0.5, 0.6) is 5.75 Å². The normalized spacial score (nSPS) is 10.6. The fraction of sp³-hybridized carbons (Fsp3) is 0.120. The van der Waals surface area contributed by atoms with Gasteiger partial charge in [0, 0.05) is 17.6 Å². The second kappa shape index (κ2) is 10.2. The number of carbonyl (C=O) groups is 1. The van der Waals surface area contributed by atoms with E-state index in [1.165, 1.54) is 7.11 Å². The van der Waals surface area contributed by atoms with Crippen molar-refractivity contribution in [1.82, 2.24) is 19.7 Å². The Labute approximate surface area is 200 Å². The zero-order chi connectivity index (χ0) is 24.1. The summed E-state index contributed by atoms with van der Waals surface area (Å²) < 4.78 is 7.20. The maximum absolute atomic E-state index is 13.3. The summed E-state index contributed by atoms with van der Waals surface area (Å²) in [7, 11) is 1.50. The van der Waals surface area contributed by atoms with E-state index in [-0.39, 0.29) is 13.1 Å². The molecule has 34 heavy (non-hydrogen) atoms. The third-order valence-corrected chi connectivity index (χ3v) is 5.52. The van der Waals surface area contributed by atoms with Crippen LogP contribution in [0.4, 0.5) is 0 Å². The van der Waals surface area contributed by atoms with Gasteiger partial charge in [-0.05, 0) is 29.3 Å². The van der Waals surface area contributed by atoms with Crippen LogP contribution in [0.3, 0.4) is 0 Å². The summed E-state index contributed by atoms with van der Waals surface area (Å²) in [5, 5.41) is 7.22. The van der Waals surface area contributed by atoms with E-state index < -0.39 is 22.9 Å². The molecule has 3 aromatic carbocycles. The Bertz CT molecular complexity index is 1450. The third-order valence-electron chi connectivity index (χ3n) is 5.15. The fourth-order valence-electron chi connectivity index (χ4n) is 3.37. The molecule has 9 heteroatoms. The Kier molecular flexibility index (Phi) is 6.89. The van der Waals surface area contributed by atoms with Crippen LogP contribution in [-0.4, -0.2) is 27.4 Å². The molecular formula is C25H21ClN4O4. The molecule has 0 aliphatic carbocycles. The molecule has 0 fully saturated rings. The second-order valence-electron chi connectivity index (χ2n) is 7.40. The van der Waals surface area contributed by atoms with Crippen LogP contribution in [-0.2, 0) is 13.1 Å². The minimum Gasteiger partial charge on any atom is -0.497 e. The average molecular weight is 477 g/mol. The lowest BCUT2D eigenvalue weighted by atomic mass is 10.2. The Morgan fingerprint density at radius 2 is 1.74 bits per heavy atom.